The second kappa shape index (κ2) is 4.54. The maximum Gasteiger partial charge on any atom is 0.205 e. The number of hydrogen-bond donors (Lipinski definition) is 6. The molecule has 0 atom stereocenters. The molecule has 2 aromatic carbocycles. The average molecular weight is 278 g/mol. The summed E-state index contributed by atoms with van der Waals surface area (Å²) in [5.41, 5.74) is -0.777. The summed E-state index contributed by atoms with van der Waals surface area (Å²) in [6.07, 6.45) is 0. The molecule has 20 heavy (non-hydrogen) atoms. The number of aromatic hydroxyl groups is 6. The van der Waals surface area contributed by atoms with Crippen LogP contribution in [-0.4, -0.2) is 36.4 Å². The molecule has 7 nitrogen and oxygen atoms in total. The van der Waals surface area contributed by atoms with Gasteiger partial charge in [-0.1, -0.05) is 0 Å². The summed E-state index contributed by atoms with van der Waals surface area (Å²) in [7, 11) is 0. The molecule has 0 fully saturated rings. The Morgan fingerprint density at radius 1 is 0.700 bits per heavy atom. The highest BCUT2D eigenvalue weighted by molar-refractivity contribution is 6.13. The fourth-order valence-corrected chi connectivity index (χ4v) is 1.66. The third kappa shape index (κ3) is 2.01. The first-order valence-corrected chi connectivity index (χ1v) is 5.36. The van der Waals surface area contributed by atoms with E-state index in [4.69, 9.17) is 5.11 Å². The molecule has 0 heterocycles. The van der Waals surface area contributed by atoms with Crippen LogP contribution in [0.4, 0.5) is 0 Å². The number of carbonyl (C=O) groups excluding carboxylic acids is 1. The summed E-state index contributed by atoms with van der Waals surface area (Å²) >= 11 is 0. The van der Waals surface area contributed by atoms with Crippen LogP contribution in [0.15, 0.2) is 24.3 Å². The normalized spacial score (nSPS) is 10.4. The van der Waals surface area contributed by atoms with Gasteiger partial charge in [0.15, 0.2) is 11.5 Å². The van der Waals surface area contributed by atoms with E-state index >= 15 is 0 Å². The molecule has 2 rings (SSSR count). The fraction of sp³-hybridized carbons (Fsp3) is 0. The van der Waals surface area contributed by atoms with Gasteiger partial charge in [-0.15, -0.1) is 0 Å². The van der Waals surface area contributed by atoms with E-state index in [1.54, 1.807) is 0 Å². The molecule has 0 amide bonds. The Kier molecular flexibility index (Phi) is 3.03. The second-order valence-corrected chi connectivity index (χ2v) is 4.02. The number of ketones is 1. The van der Waals surface area contributed by atoms with E-state index in [-0.39, 0.29) is 11.3 Å². The van der Waals surface area contributed by atoms with Gasteiger partial charge in [-0.25, -0.2) is 0 Å². The molecule has 0 bridgehead atoms. The van der Waals surface area contributed by atoms with E-state index in [0.29, 0.717) is 0 Å². The van der Waals surface area contributed by atoms with Crippen molar-refractivity contribution in [1.29, 1.82) is 0 Å². The summed E-state index contributed by atoms with van der Waals surface area (Å²) in [6.45, 7) is 0. The summed E-state index contributed by atoms with van der Waals surface area (Å²) in [5.74, 6) is -5.47. The molecule has 0 spiro atoms. The molecule has 0 aliphatic rings. The Balaban J connectivity index is 2.60. The van der Waals surface area contributed by atoms with Crippen LogP contribution in [0.1, 0.15) is 15.9 Å². The van der Waals surface area contributed by atoms with Gasteiger partial charge in [0.1, 0.15) is 11.5 Å². The Labute approximate surface area is 112 Å². The Hall–Kier alpha value is -3.09. The third-order valence-electron chi connectivity index (χ3n) is 2.70. The van der Waals surface area contributed by atoms with Crippen molar-refractivity contribution >= 4 is 5.78 Å². The minimum Gasteiger partial charge on any atom is -0.508 e. The molecule has 0 aliphatic heterocycles. The minimum atomic E-state index is -1.05. The van der Waals surface area contributed by atoms with Gasteiger partial charge in [0.25, 0.3) is 0 Å². The highest BCUT2D eigenvalue weighted by atomic mass is 16.3. The molecule has 0 aliphatic carbocycles. The van der Waals surface area contributed by atoms with Crippen molar-refractivity contribution in [3.8, 4) is 34.5 Å². The van der Waals surface area contributed by atoms with Crippen LogP contribution in [0.3, 0.4) is 0 Å². The van der Waals surface area contributed by atoms with Crippen molar-refractivity contribution < 1.29 is 35.4 Å². The van der Waals surface area contributed by atoms with Crippen LogP contribution in [-0.2, 0) is 0 Å². The topological polar surface area (TPSA) is 138 Å². The predicted molar refractivity (Wildman–Crippen MR) is 66.3 cm³/mol. The smallest absolute Gasteiger partial charge is 0.205 e. The molecular weight excluding hydrogens is 268 g/mol. The van der Waals surface area contributed by atoms with Crippen LogP contribution in [0.2, 0.25) is 0 Å². The molecule has 0 unspecified atom stereocenters. The van der Waals surface area contributed by atoms with Gasteiger partial charge < -0.3 is 30.6 Å². The van der Waals surface area contributed by atoms with Crippen molar-refractivity contribution in [3.63, 3.8) is 0 Å². The largest absolute Gasteiger partial charge is 0.508 e. The van der Waals surface area contributed by atoms with Crippen molar-refractivity contribution in [2.45, 2.75) is 0 Å². The maximum atomic E-state index is 12.1. The van der Waals surface area contributed by atoms with Gasteiger partial charge >= 0.3 is 0 Å². The second-order valence-electron chi connectivity index (χ2n) is 4.02. The summed E-state index contributed by atoms with van der Waals surface area (Å²) in [4.78, 5) is 12.1. The monoisotopic (exact) mass is 278 g/mol. The standard InChI is InChI=1S/C13H10O7/c14-5-1-2-6(8(15)3-5)10(17)7-4-9(16)12(19)13(20)11(7)18/h1-4,14-16,18-20H. The number of hydrogen-bond acceptors (Lipinski definition) is 7. The van der Waals surface area contributed by atoms with Gasteiger partial charge in [0.2, 0.25) is 17.3 Å². The zero-order valence-electron chi connectivity index (χ0n) is 9.90. The average Bonchev–Trinajstić information content (AvgIpc) is 2.40. The van der Waals surface area contributed by atoms with E-state index < -0.39 is 40.1 Å². The molecule has 0 saturated heterocycles. The van der Waals surface area contributed by atoms with Crippen LogP contribution in [0, 0.1) is 0 Å². The van der Waals surface area contributed by atoms with E-state index in [9.17, 15) is 30.3 Å². The first kappa shape index (κ1) is 13.3. The van der Waals surface area contributed by atoms with Gasteiger partial charge in [-0.05, 0) is 18.2 Å². The Morgan fingerprint density at radius 2 is 1.35 bits per heavy atom. The predicted octanol–water partition coefficient (Wildman–Crippen LogP) is 1.15. The van der Waals surface area contributed by atoms with Crippen LogP contribution in [0.5, 0.6) is 34.5 Å². The van der Waals surface area contributed by atoms with Crippen molar-refractivity contribution in [3.05, 3.63) is 35.4 Å². The van der Waals surface area contributed by atoms with Crippen molar-refractivity contribution in [1.82, 2.24) is 0 Å². The number of benzene rings is 2. The van der Waals surface area contributed by atoms with E-state index in [1.807, 2.05) is 0 Å². The van der Waals surface area contributed by atoms with Gasteiger partial charge in [0.05, 0.1) is 11.1 Å². The van der Waals surface area contributed by atoms with Gasteiger partial charge in [-0.2, -0.15) is 0 Å². The zero-order valence-corrected chi connectivity index (χ0v) is 9.90. The van der Waals surface area contributed by atoms with Crippen molar-refractivity contribution in [2.24, 2.45) is 0 Å². The van der Waals surface area contributed by atoms with E-state index in [0.717, 1.165) is 24.3 Å². The maximum absolute atomic E-state index is 12.1. The molecular formula is C13H10O7. The quantitative estimate of drug-likeness (QED) is 0.275. The molecule has 0 radical (unpaired) electrons. The first-order valence-electron chi connectivity index (χ1n) is 5.36. The highest BCUT2D eigenvalue weighted by Gasteiger charge is 2.23. The summed E-state index contributed by atoms with van der Waals surface area (Å²) in [5, 5.41) is 56.2. The summed E-state index contributed by atoms with van der Waals surface area (Å²) < 4.78 is 0. The lowest BCUT2D eigenvalue weighted by atomic mass is 10.0. The van der Waals surface area contributed by atoms with E-state index in [1.165, 1.54) is 0 Å². The lowest BCUT2D eigenvalue weighted by Gasteiger charge is -2.09. The Bertz CT molecular complexity index is 706. The molecule has 6 N–H and O–H groups in total. The fourth-order valence-electron chi connectivity index (χ4n) is 1.66. The number of rotatable bonds is 2. The van der Waals surface area contributed by atoms with Crippen LogP contribution < -0.4 is 0 Å². The number of phenolic OH excluding ortho intramolecular Hbond substituents is 6. The van der Waals surface area contributed by atoms with E-state index in [2.05, 4.69) is 0 Å². The molecule has 7 heteroatoms. The molecule has 2 aromatic rings. The molecule has 0 saturated carbocycles. The summed E-state index contributed by atoms with van der Waals surface area (Å²) in [6, 6.07) is 3.92. The van der Waals surface area contributed by atoms with Gasteiger partial charge in [0, 0.05) is 6.07 Å². The number of phenols is 6. The lowest BCUT2D eigenvalue weighted by Crippen LogP contribution is -2.02. The number of carbonyl (C=O) groups is 1. The molecule has 0 aromatic heterocycles. The zero-order chi connectivity index (χ0) is 15.0. The Morgan fingerprint density at radius 3 is 1.95 bits per heavy atom. The SMILES string of the molecule is O=C(c1ccc(O)cc1O)c1cc(O)c(O)c(O)c1O. The highest BCUT2D eigenvalue weighted by Crippen LogP contribution is 2.44. The lowest BCUT2D eigenvalue weighted by molar-refractivity contribution is 0.103. The van der Waals surface area contributed by atoms with Crippen LogP contribution >= 0.6 is 0 Å². The van der Waals surface area contributed by atoms with Gasteiger partial charge in [-0.3, -0.25) is 4.79 Å². The van der Waals surface area contributed by atoms with Crippen molar-refractivity contribution in [2.75, 3.05) is 0 Å². The third-order valence-corrected chi connectivity index (χ3v) is 2.70. The van der Waals surface area contributed by atoms with Crippen LogP contribution in [0.25, 0.3) is 0 Å². The molecule has 104 valence electrons. The minimum absolute atomic E-state index is 0.261. The first-order chi connectivity index (χ1) is 9.32.